The number of fused-ring (bicyclic) bond motifs is 8. The minimum atomic E-state index is 1.03. The van der Waals surface area contributed by atoms with Gasteiger partial charge in [-0.15, -0.1) is 0 Å². The minimum Gasteiger partial charge on any atom is -0.313 e. The predicted octanol–water partition coefficient (Wildman–Crippen LogP) is 13.3. The van der Waals surface area contributed by atoms with Gasteiger partial charge in [0, 0.05) is 38.8 Å². The molecule has 0 N–H and O–H groups in total. The van der Waals surface area contributed by atoms with Crippen molar-refractivity contribution >= 4 is 60.3 Å². The summed E-state index contributed by atoms with van der Waals surface area (Å²) in [5, 5.41) is 8.88. The molecular formula is C50H34N2. The molecule has 52 heavy (non-hydrogen) atoms. The van der Waals surface area contributed by atoms with Gasteiger partial charge in [-0.05, 0) is 99.1 Å². The fourth-order valence-corrected chi connectivity index (χ4v) is 8.98. The molecule has 244 valence electrons. The topological polar surface area (TPSA) is 9.86 Å². The van der Waals surface area contributed by atoms with Crippen molar-refractivity contribution in [2.75, 3.05) is 0 Å². The van der Waals surface area contributed by atoms with Crippen molar-refractivity contribution in [3.05, 3.63) is 187 Å². The predicted molar refractivity (Wildman–Crippen MR) is 221 cm³/mol. The molecule has 2 heteroatoms. The number of hydrogen-bond acceptors (Lipinski definition) is 0. The van der Waals surface area contributed by atoms with Gasteiger partial charge in [0.1, 0.15) is 0 Å². The second-order valence-electron chi connectivity index (χ2n) is 14.0. The maximum atomic E-state index is 2.51. The Bertz CT molecular complexity index is 3000. The van der Waals surface area contributed by atoms with Crippen molar-refractivity contribution in [3.63, 3.8) is 0 Å². The fraction of sp³-hybridized carbons (Fsp3) is 0.0400. The van der Waals surface area contributed by atoms with Crippen LogP contribution in [0.2, 0.25) is 0 Å². The average molecular weight is 663 g/mol. The third-order valence-corrected chi connectivity index (χ3v) is 11.2. The summed E-state index contributed by atoms with van der Waals surface area (Å²) in [6.45, 7) is 0. The van der Waals surface area contributed by atoms with Gasteiger partial charge in [-0.1, -0.05) is 140 Å². The quantitative estimate of drug-likeness (QED) is 0.166. The molecule has 0 radical (unpaired) electrons. The van der Waals surface area contributed by atoms with E-state index in [1.165, 1.54) is 93.5 Å². The molecule has 2 heterocycles. The number of allylic oxidation sites excluding steroid dienone is 1. The normalized spacial score (nSPS) is 12.8. The van der Waals surface area contributed by atoms with Crippen LogP contribution in [0, 0.1) is 0 Å². The van der Waals surface area contributed by atoms with E-state index >= 15 is 0 Å². The Balaban J connectivity index is 1.27. The van der Waals surface area contributed by atoms with E-state index in [4.69, 9.17) is 0 Å². The lowest BCUT2D eigenvalue weighted by molar-refractivity contribution is 0.889. The Labute approximate surface area is 302 Å². The summed E-state index contributed by atoms with van der Waals surface area (Å²) in [6.07, 6.45) is 6.73. The molecule has 2 aromatic heterocycles. The zero-order valence-electron chi connectivity index (χ0n) is 28.6. The van der Waals surface area contributed by atoms with Crippen molar-refractivity contribution in [2.45, 2.75) is 12.8 Å². The average Bonchev–Trinajstić information content (AvgIpc) is 3.73. The Morgan fingerprint density at radius 2 is 0.827 bits per heavy atom. The van der Waals surface area contributed by atoms with Gasteiger partial charge in [0.05, 0.1) is 16.6 Å². The molecule has 0 atom stereocenters. The highest BCUT2D eigenvalue weighted by Crippen LogP contribution is 2.46. The summed E-state index contributed by atoms with van der Waals surface area (Å²) in [5.41, 5.74) is 13.8. The van der Waals surface area contributed by atoms with Crippen molar-refractivity contribution in [1.82, 2.24) is 9.13 Å². The first kappa shape index (κ1) is 29.1. The SMILES string of the molecule is C1=Cc2c(n(-c3ccc4c(-c5ccccc5)c5cc(-n6c7ccccc7c7ccccc76)ccc5c(-c5ccccc5)c4c3)c3ccccc23)CC1. The van der Waals surface area contributed by atoms with E-state index in [-0.39, 0.29) is 0 Å². The first-order valence-corrected chi connectivity index (χ1v) is 18.3. The molecular weight excluding hydrogens is 629 g/mol. The highest BCUT2D eigenvalue weighted by atomic mass is 15.0. The number of rotatable bonds is 4. The molecule has 8 aromatic carbocycles. The van der Waals surface area contributed by atoms with Crippen LogP contribution in [-0.4, -0.2) is 9.13 Å². The molecule has 0 spiro atoms. The van der Waals surface area contributed by atoms with Crippen molar-refractivity contribution in [1.29, 1.82) is 0 Å². The molecule has 11 rings (SSSR count). The van der Waals surface area contributed by atoms with E-state index in [1.54, 1.807) is 0 Å². The molecule has 0 saturated carbocycles. The Hall–Kier alpha value is -6.64. The van der Waals surface area contributed by atoms with Crippen LogP contribution in [0.1, 0.15) is 17.7 Å². The molecule has 0 amide bonds. The van der Waals surface area contributed by atoms with Crippen molar-refractivity contribution < 1.29 is 0 Å². The van der Waals surface area contributed by atoms with E-state index in [0.29, 0.717) is 0 Å². The molecule has 0 unspecified atom stereocenters. The monoisotopic (exact) mass is 662 g/mol. The van der Waals surface area contributed by atoms with Gasteiger partial charge < -0.3 is 9.13 Å². The van der Waals surface area contributed by atoms with Crippen LogP contribution < -0.4 is 0 Å². The number of hydrogen-bond donors (Lipinski definition) is 0. The van der Waals surface area contributed by atoms with Crippen LogP contribution in [0.15, 0.2) is 176 Å². The Kier molecular flexibility index (Phi) is 6.41. The van der Waals surface area contributed by atoms with Crippen LogP contribution in [0.4, 0.5) is 0 Å². The molecule has 0 bridgehead atoms. The third kappa shape index (κ3) is 4.25. The number of nitrogens with zero attached hydrogens (tertiary/aromatic N) is 2. The summed E-state index contributed by atoms with van der Waals surface area (Å²) in [4.78, 5) is 0. The standard InChI is InChI=1S/C50H34N2/c1-3-15-33(16-4-1)49-41-29-27-36(52-47-25-13-9-21-39(47)40-22-10-14-26-48(40)52)32-44(41)50(34-17-5-2-6-18-34)42-30-28-35(31-43(42)49)51-45-23-11-7-19-37(45)38-20-8-12-24-46(38)51/h1-13,15-25,27-32H,14,26H2. The van der Waals surface area contributed by atoms with E-state index < -0.39 is 0 Å². The summed E-state index contributed by atoms with van der Waals surface area (Å²) >= 11 is 0. The van der Waals surface area contributed by atoms with Crippen LogP contribution in [0.3, 0.4) is 0 Å². The lowest BCUT2D eigenvalue weighted by Gasteiger charge is -2.21. The lowest BCUT2D eigenvalue weighted by Crippen LogP contribution is -2.03. The summed E-state index contributed by atoms with van der Waals surface area (Å²) in [5.74, 6) is 0. The molecule has 0 saturated heterocycles. The van der Waals surface area contributed by atoms with Crippen molar-refractivity contribution in [3.8, 4) is 33.6 Å². The minimum absolute atomic E-state index is 1.03. The summed E-state index contributed by atoms with van der Waals surface area (Å²) < 4.78 is 4.95. The fourth-order valence-electron chi connectivity index (χ4n) is 8.98. The second-order valence-corrected chi connectivity index (χ2v) is 14.0. The lowest BCUT2D eigenvalue weighted by atomic mass is 9.85. The van der Waals surface area contributed by atoms with Gasteiger partial charge in [0.15, 0.2) is 0 Å². The van der Waals surface area contributed by atoms with Crippen molar-refractivity contribution in [2.24, 2.45) is 0 Å². The first-order chi connectivity index (χ1) is 25.8. The van der Waals surface area contributed by atoms with Crippen LogP contribution in [0.25, 0.3) is 94.0 Å². The largest absolute Gasteiger partial charge is 0.313 e. The Morgan fingerprint density at radius 1 is 0.365 bits per heavy atom. The van der Waals surface area contributed by atoms with E-state index in [0.717, 1.165) is 18.5 Å². The van der Waals surface area contributed by atoms with Crippen LogP contribution in [0.5, 0.6) is 0 Å². The van der Waals surface area contributed by atoms with E-state index in [1.807, 2.05) is 0 Å². The molecule has 2 nitrogen and oxygen atoms in total. The molecule has 1 aliphatic carbocycles. The molecule has 0 aliphatic heterocycles. The van der Waals surface area contributed by atoms with E-state index in [2.05, 4.69) is 191 Å². The van der Waals surface area contributed by atoms with Gasteiger partial charge >= 0.3 is 0 Å². The second kappa shape index (κ2) is 11.4. The zero-order chi connectivity index (χ0) is 34.2. The van der Waals surface area contributed by atoms with Crippen LogP contribution >= 0.6 is 0 Å². The van der Waals surface area contributed by atoms with Gasteiger partial charge in [-0.25, -0.2) is 0 Å². The van der Waals surface area contributed by atoms with Gasteiger partial charge in [-0.3, -0.25) is 0 Å². The Morgan fingerprint density at radius 3 is 1.38 bits per heavy atom. The molecule has 0 fully saturated rings. The van der Waals surface area contributed by atoms with Crippen LogP contribution in [-0.2, 0) is 6.42 Å². The molecule has 10 aromatic rings. The zero-order valence-corrected chi connectivity index (χ0v) is 28.6. The maximum absolute atomic E-state index is 2.51. The third-order valence-electron chi connectivity index (χ3n) is 11.2. The molecule has 1 aliphatic rings. The number of benzene rings is 8. The smallest absolute Gasteiger partial charge is 0.0541 e. The van der Waals surface area contributed by atoms with Gasteiger partial charge in [-0.2, -0.15) is 0 Å². The number of para-hydroxylation sites is 3. The number of aromatic nitrogens is 2. The van der Waals surface area contributed by atoms with Gasteiger partial charge in [0.25, 0.3) is 0 Å². The summed E-state index contributed by atoms with van der Waals surface area (Å²) in [7, 11) is 0. The van der Waals surface area contributed by atoms with E-state index in [9.17, 15) is 0 Å². The maximum Gasteiger partial charge on any atom is 0.0541 e. The first-order valence-electron chi connectivity index (χ1n) is 18.3. The van der Waals surface area contributed by atoms with Gasteiger partial charge in [0.2, 0.25) is 0 Å². The highest BCUT2D eigenvalue weighted by Gasteiger charge is 2.22. The summed E-state index contributed by atoms with van der Waals surface area (Å²) in [6, 6.07) is 62.7. The highest BCUT2D eigenvalue weighted by molar-refractivity contribution is 6.22.